The Kier molecular flexibility index (Phi) is 4.12. The molecule has 0 saturated carbocycles. The lowest BCUT2D eigenvalue weighted by Crippen LogP contribution is -2.46. The maximum absolute atomic E-state index is 15.2. The summed E-state index contributed by atoms with van der Waals surface area (Å²) in [6.07, 6.45) is -0.654. The topological polar surface area (TPSA) is 57.0 Å². The van der Waals surface area contributed by atoms with Gasteiger partial charge in [-0.05, 0) is 19.9 Å². The standard InChI is InChI=1S/C16H18ClFN2O4/c1-8-6-20(7-9(2)23-8)13-10(16-21-3-4-22-16)5-11-14(12(13)18)24-19-15(11)17/h5,8-9,16H,3-4,6-7H2,1-2H3/t8-,9+. The lowest BCUT2D eigenvalue weighted by molar-refractivity contribution is -0.0445. The molecule has 2 atom stereocenters. The van der Waals surface area contributed by atoms with Crippen molar-refractivity contribution in [1.82, 2.24) is 5.16 Å². The van der Waals surface area contributed by atoms with E-state index < -0.39 is 12.1 Å². The van der Waals surface area contributed by atoms with Crippen molar-refractivity contribution in [1.29, 1.82) is 0 Å². The molecule has 130 valence electrons. The number of hydrogen-bond acceptors (Lipinski definition) is 6. The van der Waals surface area contributed by atoms with Crippen LogP contribution in [0.25, 0.3) is 11.0 Å². The molecule has 24 heavy (non-hydrogen) atoms. The Labute approximate surface area is 143 Å². The fourth-order valence-corrected chi connectivity index (χ4v) is 3.59. The van der Waals surface area contributed by atoms with Crippen molar-refractivity contribution in [2.75, 3.05) is 31.2 Å². The maximum atomic E-state index is 15.2. The van der Waals surface area contributed by atoms with Gasteiger partial charge in [-0.3, -0.25) is 0 Å². The van der Waals surface area contributed by atoms with Crippen LogP contribution < -0.4 is 4.90 Å². The van der Waals surface area contributed by atoms with Gasteiger partial charge in [0.2, 0.25) is 5.58 Å². The van der Waals surface area contributed by atoms with Crippen molar-refractivity contribution in [3.63, 3.8) is 0 Å². The van der Waals surface area contributed by atoms with Gasteiger partial charge in [-0.2, -0.15) is 0 Å². The van der Waals surface area contributed by atoms with Gasteiger partial charge >= 0.3 is 0 Å². The average Bonchev–Trinajstić information content (AvgIpc) is 3.16. The van der Waals surface area contributed by atoms with Gasteiger partial charge in [-0.25, -0.2) is 4.39 Å². The second-order valence-corrected chi connectivity index (χ2v) is 6.57. The summed E-state index contributed by atoms with van der Waals surface area (Å²) >= 11 is 6.02. The first kappa shape index (κ1) is 16.1. The molecule has 2 fully saturated rings. The van der Waals surface area contributed by atoms with Gasteiger partial charge in [0.05, 0.1) is 36.5 Å². The quantitative estimate of drug-likeness (QED) is 0.823. The number of halogens is 2. The number of rotatable bonds is 2. The molecule has 0 unspecified atom stereocenters. The van der Waals surface area contributed by atoms with Gasteiger partial charge in [0.1, 0.15) is 0 Å². The molecular formula is C16H18ClFN2O4. The Morgan fingerprint density at radius 2 is 1.88 bits per heavy atom. The fourth-order valence-electron chi connectivity index (χ4n) is 3.42. The second-order valence-electron chi connectivity index (χ2n) is 6.21. The number of aromatic nitrogens is 1. The van der Waals surface area contributed by atoms with E-state index in [1.54, 1.807) is 6.07 Å². The van der Waals surface area contributed by atoms with Crippen molar-refractivity contribution in [3.05, 3.63) is 22.6 Å². The number of fused-ring (bicyclic) bond motifs is 1. The smallest absolute Gasteiger partial charge is 0.206 e. The molecule has 0 aliphatic carbocycles. The molecule has 6 nitrogen and oxygen atoms in total. The molecule has 0 spiro atoms. The highest BCUT2D eigenvalue weighted by Crippen LogP contribution is 2.40. The molecule has 0 N–H and O–H groups in total. The summed E-state index contributed by atoms with van der Waals surface area (Å²) in [5.41, 5.74) is 1.05. The number of benzene rings is 1. The summed E-state index contributed by atoms with van der Waals surface area (Å²) in [6, 6.07) is 1.74. The summed E-state index contributed by atoms with van der Waals surface area (Å²) in [7, 11) is 0. The van der Waals surface area contributed by atoms with Gasteiger partial charge in [-0.1, -0.05) is 16.8 Å². The van der Waals surface area contributed by atoms with E-state index in [0.29, 0.717) is 42.9 Å². The number of nitrogens with zero attached hydrogens (tertiary/aromatic N) is 2. The maximum Gasteiger partial charge on any atom is 0.206 e. The third-order valence-electron chi connectivity index (χ3n) is 4.28. The third-order valence-corrected chi connectivity index (χ3v) is 4.55. The molecule has 2 aliphatic heterocycles. The first-order valence-corrected chi connectivity index (χ1v) is 8.33. The molecule has 0 bridgehead atoms. The summed E-state index contributed by atoms with van der Waals surface area (Å²) < 4.78 is 37.3. The van der Waals surface area contributed by atoms with Crippen LogP contribution in [0, 0.1) is 5.82 Å². The molecule has 0 radical (unpaired) electrons. The van der Waals surface area contributed by atoms with Gasteiger partial charge in [-0.15, -0.1) is 0 Å². The average molecular weight is 357 g/mol. The van der Waals surface area contributed by atoms with E-state index in [1.165, 1.54) is 0 Å². The van der Waals surface area contributed by atoms with E-state index in [0.717, 1.165) is 0 Å². The first-order chi connectivity index (χ1) is 11.5. The number of anilines is 1. The fraction of sp³-hybridized carbons (Fsp3) is 0.562. The SMILES string of the molecule is C[C@@H]1CN(c2c(C3OCCO3)cc3c(Cl)noc3c2F)C[C@H](C)O1. The van der Waals surface area contributed by atoms with Crippen molar-refractivity contribution in [2.24, 2.45) is 0 Å². The number of hydrogen-bond donors (Lipinski definition) is 0. The molecule has 1 aromatic carbocycles. The van der Waals surface area contributed by atoms with Crippen molar-refractivity contribution in [2.45, 2.75) is 32.3 Å². The van der Waals surface area contributed by atoms with E-state index in [2.05, 4.69) is 5.16 Å². The highest BCUT2D eigenvalue weighted by Gasteiger charge is 2.33. The van der Waals surface area contributed by atoms with Gasteiger partial charge in [0, 0.05) is 18.7 Å². The molecule has 2 aliphatic rings. The molecule has 1 aromatic heterocycles. The van der Waals surface area contributed by atoms with Crippen LogP contribution in [0.4, 0.5) is 10.1 Å². The van der Waals surface area contributed by atoms with E-state index in [4.69, 9.17) is 30.3 Å². The van der Waals surface area contributed by atoms with Crippen LogP contribution >= 0.6 is 11.6 Å². The van der Waals surface area contributed by atoms with E-state index >= 15 is 4.39 Å². The second kappa shape index (κ2) is 6.15. The number of morpholine rings is 1. The Balaban J connectivity index is 1.87. The zero-order chi connectivity index (χ0) is 16.8. The molecule has 3 heterocycles. The predicted molar refractivity (Wildman–Crippen MR) is 85.8 cm³/mol. The lowest BCUT2D eigenvalue weighted by Gasteiger charge is -2.38. The van der Waals surface area contributed by atoms with E-state index in [-0.39, 0.29) is 22.9 Å². The van der Waals surface area contributed by atoms with Crippen LogP contribution in [0.3, 0.4) is 0 Å². The van der Waals surface area contributed by atoms with Crippen molar-refractivity contribution >= 4 is 28.3 Å². The van der Waals surface area contributed by atoms with Crippen molar-refractivity contribution < 1.29 is 23.1 Å². The van der Waals surface area contributed by atoms with Crippen LogP contribution in [0.1, 0.15) is 25.7 Å². The van der Waals surface area contributed by atoms with Gasteiger partial charge in [0.15, 0.2) is 17.3 Å². The van der Waals surface area contributed by atoms with Crippen LogP contribution in [0.5, 0.6) is 0 Å². The largest absolute Gasteiger partial charge is 0.372 e. The van der Waals surface area contributed by atoms with E-state index in [1.807, 2.05) is 18.7 Å². The Bertz CT molecular complexity index is 752. The van der Waals surface area contributed by atoms with Crippen LogP contribution in [-0.2, 0) is 14.2 Å². The Morgan fingerprint density at radius 3 is 2.54 bits per heavy atom. The zero-order valence-corrected chi connectivity index (χ0v) is 14.2. The highest BCUT2D eigenvalue weighted by molar-refractivity contribution is 6.34. The van der Waals surface area contributed by atoms with Crippen LogP contribution in [0.15, 0.2) is 10.6 Å². The molecule has 2 aromatic rings. The van der Waals surface area contributed by atoms with Crippen molar-refractivity contribution in [3.8, 4) is 0 Å². The Morgan fingerprint density at radius 1 is 1.21 bits per heavy atom. The lowest BCUT2D eigenvalue weighted by atomic mass is 10.1. The first-order valence-electron chi connectivity index (χ1n) is 7.95. The molecular weight excluding hydrogens is 339 g/mol. The molecule has 4 rings (SSSR count). The third kappa shape index (κ3) is 2.65. The van der Waals surface area contributed by atoms with Gasteiger partial charge < -0.3 is 23.6 Å². The molecule has 0 amide bonds. The minimum Gasteiger partial charge on any atom is -0.372 e. The summed E-state index contributed by atoms with van der Waals surface area (Å²) in [5.74, 6) is -0.498. The minimum absolute atomic E-state index is 0.0135. The zero-order valence-electron chi connectivity index (χ0n) is 13.4. The van der Waals surface area contributed by atoms with Crippen LogP contribution in [-0.4, -0.2) is 43.7 Å². The normalized spacial score (nSPS) is 25.8. The Hall–Kier alpha value is -1.41. The number of ether oxygens (including phenoxy) is 3. The molecule has 2 saturated heterocycles. The minimum atomic E-state index is -0.627. The molecule has 8 heteroatoms. The summed E-state index contributed by atoms with van der Waals surface area (Å²) in [5, 5.41) is 4.21. The van der Waals surface area contributed by atoms with Gasteiger partial charge in [0.25, 0.3) is 0 Å². The predicted octanol–water partition coefficient (Wildman–Crippen LogP) is 3.28. The monoisotopic (exact) mass is 356 g/mol. The summed E-state index contributed by atoms with van der Waals surface area (Å²) in [4.78, 5) is 1.95. The summed E-state index contributed by atoms with van der Waals surface area (Å²) in [6.45, 7) is 6.00. The van der Waals surface area contributed by atoms with Crippen LogP contribution in [0.2, 0.25) is 5.15 Å². The highest BCUT2D eigenvalue weighted by atomic mass is 35.5. The van der Waals surface area contributed by atoms with E-state index in [9.17, 15) is 0 Å².